The van der Waals surface area contributed by atoms with Gasteiger partial charge in [-0.15, -0.1) is 0 Å². The van der Waals surface area contributed by atoms with Gasteiger partial charge in [0.05, 0.1) is 5.75 Å². The summed E-state index contributed by atoms with van der Waals surface area (Å²) in [7, 11) is -3.28. The van der Waals surface area contributed by atoms with E-state index >= 15 is 0 Å². The minimum absolute atomic E-state index is 0.0148. The number of rotatable bonds is 5. The molecular weight excluding hydrogens is 434 g/mol. The normalized spacial score (nSPS) is 17.9. The molecule has 0 atom stereocenters. The first kappa shape index (κ1) is 22.1. The van der Waals surface area contributed by atoms with Crippen LogP contribution in [0.1, 0.15) is 34.3 Å². The second kappa shape index (κ2) is 9.18. The number of aryl methyl sites for hydroxylation is 1. The predicted molar refractivity (Wildman–Crippen MR) is 124 cm³/mol. The molecule has 2 aromatic rings. The van der Waals surface area contributed by atoms with Gasteiger partial charge in [-0.1, -0.05) is 29.8 Å². The number of anilines is 1. The predicted octanol–water partition coefficient (Wildman–Crippen LogP) is 3.54. The monoisotopic (exact) mass is 461 g/mol. The van der Waals surface area contributed by atoms with Gasteiger partial charge < -0.3 is 9.80 Å². The maximum absolute atomic E-state index is 12.9. The third-order valence-corrected chi connectivity index (χ3v) is 8.17. The fraction of sp³-hybridized carbons (Fsp3) is 0.435. The average Bonchev–Trinajstić information content (AvgIpc) is 3.32. The standard InChI is InChI=1S/C23H28ClN3O3S/c1-18-4-9-21(24)16-22(18)25-12-14-26(15-13-25)23(28)20-7-5-19(6-8-20)17-31(29,30)27-10-2-3-11-27/h4-9,16H,2-3,10-15,17H2,1H3. The van der Waals surface area contributed by atoms with Crippen molar-refractivity contribution in [2.75, 3.05) is 44.2 Å². The van der Waals surface area contributed by atoms with Crippen LogP contribution in [0.2, 0.25) is 5.02 Å². The Balaban J connectivity index is 1.36. The van der Waals surface area contributed by atoms with E-state index in [1.165, 1.54) is 5.56 Å². The Morgan fingerprint density at radius 2 is 1.58 bits per heavy atom. The van der Waals surface area contributed by atoms with Crippen molar-refractivity contribution >= 4 is 33.2 Å². The Bertz CT molecular complexity index is 1040. The van der Waals surface area contributed by atoms with E-state index in [2.05, 4.69) is 11.8 Å². The number of piperazine rings is 1. The summed E-state index contributed by atoms with van der Waals surface area (Å²) in [6.07, 6.45) is 1.85. The molecule has 2 aromatic carbocycles. The highest BCUT2D eigenvalue weighted by molar-refractivity contribution is 7.88. The first-order valence-corrected chi connectivity index (χ1v) is 12.7. The van der Waals surface area contributed by atoms with E-state index in [0.717, 1.165) is 31.6 Å². The van der Waals surface area contributed by atoms with Gasteiger partial charge in [0.15, 0.2) is 0 Å². The Labute approximate surface area is 189 Å². The lowest BCUT2D eigenvalue weighted by molar-refractivity contribution is 0.0747. The number of hydrogen-bond acceptors (Lipinski definition) is 4. The molecule has 0 aromatic heterocycles. The topological polar surface area (TPSA) is 60.9 Å². The Kier molecular flexibility index (Phi) is 6.55. The second-order valence-electron chi connectivity index (χ2n) is 8.27. The number of amides is 1. The molecule has 31 heavy (non-hydrogen) atoms. The first-order chi connectivity index (χ1) is 14.8. The van der Waals surface area contributed by atoms with Crippen molar-refractivity contribution in [1.82, 2.24) is 9.21 Å². The summed E-state index contributed by atoms with van der Waals surface area (Å²) < 4.78 is 26.6. The van der Waals surface area contributed by atoms with E-state index in [0.29, 0.717) is 42.3 Å². The first-order valence-electron chi connectivity index (χ1n) is 10.7. The summed E-state index contributed by atoms with van der Waals surface area (Å²) in [5, 5.41) is 0.714. The van der Waals surface area contributed by atoms with Crippen LogP contribution >= 0.6 is 11.6 Å². The van der Waals surface area contributed by atoms with Gasteiger partial charge in [-0.3, -0.25) is 4.79 Å². The summed E-state index contributed by atoms with van der Waals surface area (Å²) in [5.41, 5.74) is 3.59. The summed E-state index contributed by atoms with van der Waals surface area (Å²) in [5.74, 6) is -0.0320. The van der Waals surface area contributed by atoms with Crippen LogP contribution in [-0.4, -0.2) is 62.8 Å². The maximum Gasteiger partial charge on any atom is 0.253 e. The van der Waals surface area contributed by atoms with Crippen LogP contribution in [0.25, 0.3) is 0 Å². The molecule has 2 aliphatic rings. The van der Waals surface area contributed by atoms with Gasteiger partial charge >= 0.3 is 0 Å². The lowest BCUT2D eigenvalue weighted by Gasteiger charge is -2.37. The van der Waals surface area contributed by atoms with E-state index in [9.17, 15) is 13.2 Å². The number of hydrogen-bond donors (Lipinski definition) is 0. The van der Waals surface area contributed by atoms with Crippen LogP contribution in [0.4, 0.5) is 5.69 Å². The molecule has 4 rings (SSSR count). The molecule has 8 heteroatoms. The zero-order valence-electron chi connectivity index (χ0n) is 17.8. The Morgan fingerprint density at radius 1 is 0.935 bits per heavy atom. The highest BCUT2D eigenvalue weighted by Gasteiger charge is 2.26. The largest absolute Gasteiger partial charge is 0.368 e. The number of nitrogens with zero attached hydrogens (tertiary/aromatic N) is 3. The van der Waals surface area contributed by atoms with Crippen molar-refractivity contribution in [3.63, 3.8) is 0 Å². The minimum Gasteiger partial charge on any atom is -0.368 e. The molecule has 2 saturated heterocycles. The molecule has 6 nitrogen and oxygen atoms in total. The van der Waals surface area contributed by atoms with Crippen molar-refractivity contribution in [3.8, 4) is 0 Å². The van der Waals surface area contributed by atoms with Crippen molar-refractivity contribution in [1.29, 1.82) is 0 Å². The summed E-state index contributed by atoms with van der Waals surface area (Å²) in [4.78, 5) is 17.0. The molecule has 0 unspecified atom stereocenters. The molecular formula is C23H28ClN3O3S. The van der Waals surface area contributed by atoms with E-state index < -0.39 is 10.0 Å². The Hall–Kier alpha value is -2.09. The van der Waals surface area contributed by atoms with E-state index in [-0.39, 0.29) is 11.7 Å². The molecule has 1 amide bonds. The van der Waals surface area contributed by atoms with Gasteiger partial charge in [0.25, 0.3) is 5.91 Å². The number of carbonyl (C=O) groups excluding carboxylic acids is 1. The van der Waals surface area contributed by atoms with Gasteiger partial charge in [-0.05, 0) is 55.2 Å². The maximum atomic E-state index is 12.9. The third kappa shape index (κ3) is 5.05. The number of benzene rings is 2. The van der Waals surface area contributed by atoms with E-state index in [1.54, 1.807) is 28.6 Å². The molecule has 0 N–H and O–H groups in total. The molecule has 2 heterocycles. The van der Waals surface area contributed by atoms with Crippen LogP contribution in [0.5, 0.6) is 0 Å². The van der Waals surface area contributed by atoms with Crippen molar-refractivity contribution in [3.05, 3.63) is 64.2 Å². The van der Waals surface area contributed by atoms with Crippen LogP contribution in [0.3, 0.4) is 0 Å². The lowest BCUT2D eigenvalue weighted by atomic mass is 10.1. The minimum atomic E-state index is -3.28. The quantitative estimate of drug-likeness (QED) is 0.683. The van der Waals surface area contributed by atoms with Crippen LogP contribution in [0.15, 0.2) is 42.5 Å². The zero-order chi connectivity index (χ0) is 22.0. The lowest BCUT2D eigenvalue weighted by Crippen LogP contribution is -2.49. The average molecular weight is 462 g/mol. The summed E-state index contributed by atoms with van der Waals surface area (Å²) in [6.45, 7) is 6.05. The van der Waals surface area contributed by atoms with Gasteiger partial charge in [-0.25, -0.2) is 12.7 Å². The van der Waals surface area contributed by atoms with Crippen LogP contribution in [-0.2, 0) is 15.8 Å². The van der Waals surface area contributed by atoms with Crippen molar-refractivity contribution in [2.45, 2.75) is 25.5 Å². The van der Waals surface area contributed by atoms with Crippen LogP contribution < -0.4 is 4.90 Å². The van der Waals surface area contributed by atoms with Gasteiger partial charge in [0.1, 0.15) is 0 Å². The molecule has 0 saturated carbocycles. The van der Waals surface area contributed by atoms with Gasteiger partial charge in [0, 0.05) is 55.5 Å². The van der Waals surface area contributed by atoms with E-state index in [4.69, 9.17) is 11.6 Å². The molecule has 0 bridgehead atoms. The van der Waals surface area contributed by atoms with Crippen molar-refractivity contribution < 1.29 is 13.2 Å². The molecule has 2 aliphatic heterocycles. The molecule has 2 fully saturated rings. The fourth-order valence-electron chi connectivity index (χ4n) is 4.27. The Morgan fingerprint density at radius 3 is 2.23 bits per heavy atom. The second-order valence-corrected chi connectivity index (χ2v) is 10.7. The SMILES string of the molecule is Cc1ccc(Cl)cc1N1CCN(C(=O)c2ccc(CS(=O)(=O)N3CCCC3)cc2)CC1. The summed E-state index contributed by atoms with van der Waals surface area (Å²) >= 11 is 6.15. The van der Waals surface area contributed by atoms with Gasteiger partial charge in [0.2, 0.25) is 10.0 Å². The van der Waals surface area contributed by atoms with Crippen LogP contribution in [0, 0.1) is 6.92 Å². The van der Waals surface area contributed by atoms with Gasteiger partial charge in [-0.2, -0.15) is 0 Å². The number of carbonyl (C=O) groups is 1. The smallest absolute Gasteiger partial charge is 0.253 e. The van der Waals surface area contributed by atoms with E-state index in [1.807, 2.05) is 23.1 Å². The highest BCUT2D eigenvalue weighted by atomic mass is 35.5. The molecule has 0 aliphatic carbocycles. The zero-order valence-corrected chi connectivity index (χ0v) is 19.3. The molecule has 0 spiro atoms. The number of sulfonamides is 1. The molecule has 166 valence electrons. The van der Waals surface area contributed by atoms with Crippen molar-refractivity contribution in [2.24, 2.45) is 0 Å². The third-order valence-electron chi connectivity index (χ3n) is 6.09. The fourth-order valence-corrected chi connectivity index (χ4v) is 6.05. The number of halogens is 1. The molecule has 0 radical (unpaired) electrons. The summed E-state index contributed by atoms with van der Waals surface area (Å²) in [6, 6.07) is 12.9. The highest BCUT2D eigenvalue weighted by Crippen LogP contribution is 2.26.